The number of nitrogens with zero attached hydrogens (tertiary/aromatic N) is 2. The first-order valence-electron chi connectivity index (χ1n) is 7.46. The Morgan fingerprint density at radius 1 is 1.48 bits per heavy atom. The second-order valence-corrected chi connectivity index (χ2v) is 5.40. The highest BCUT2D eigenvalue weighted by atomic mass is 16.5. The Kier molecular flexibility index (Phi) is 4.45. The second-order valence-electron chi connectivity index (χ2n) is 5.40. The first-order valence-corrected chi connectivity index (χ1v) is 7.46. The van der Waals surface area contributed by atoms with Gasteiger partial charge >= 0.3 is 0 Å². The van der Waals surface area contributed by atoms with Gasteiger partial charge in [-0.05, 0) is 30.3 Å². The smallest absolute Gasteiger partial charge is 0.0909 e. The molecule has 2 unspecified atom stereocenters. The third kappa shape index (κ3) is 3.06. The van der Waals surface area contributed by atoms with Gasteiger partial charge < -0.3 is 4.74 Å². The van der Waals surface area contributed by atoms with E-state index in [0.29, 0.717) is 0 Å². The van der Waals surface area contributed by atoms with Crippen LogP contribution in [0.2, 0.25) is 0 Å². The summed E-state index contributed by atoms with van der Waals surface area (Å²) >= 11 is 0. The second kappa shape index (κ2) is 6.49. The van der Waals surface area contributed by atoms with Crippen molar-refractivity contribution >= 4 is 10.9 Å². The Balaban J connectivity index is 1.86. The molecule has 0 amide bonds. The topological polar surface area (TPSA) is 63.4 Å². The number of morpholine rings is 1. The quantitative estimate of drug-likeness (QED) is 0.658. The van der Waals surface area contributed by atoms with Crippen molar-refractivity contribution in [1.82, 2.24) is 15.3 Å². The van der Waals surface area contributed by atoms with Gasteiger partial charge in [0.05, 0.1) is 24.3 Å². The molecule has 1 fully saturated rings. The number of nitrogens with two attached hydrogens (primary N) is 1. The van der Waals surface area contributed by atoms with Gasteiger partial charge in [-0.25, -0.2) is 0 Å². The lowest BCUT2D eigenvalue weighted by atomic mass is 9.99. The van der Waals surface area contributed by atoms with Crippen molar-refractivity contribution in [3.63, 3.8) is 0 Å². The van der Waals surface area contributed by atoms with E-state index in [0.717, 1.165) is 42.7 Å². The Morgan fingerprint density at radius 3 is 3.19 bits per heavy atom. The maximum absolute atomic E-state index is 5.93. The molecule has 2 heterocycles. The van der Waals surface area contributed by atoms with Crippen LogP contribution in [0.15, 0.2) is 36.5 Å². The van der Waals surface area contributed by atoms with Gasteiger partial charge in [0, 0.05) is 24.7 Å². The first-order chi connectivity index (χ1) is 10.3. The van der Waals surface area contributed by atoms with Crippen molar-refractivity contribution in [3.05, 3.63) is 42.1 Å². The molecule has 1 saturated heterocycles. The van der Waals surface area contributed by atoms with Crippen LogP contribution in [0.3, 0.4) is 0 Å². The number of hydrogen-bond donors (Lipinski definition) is 2. The number of pyridine rings is 1. The minimum absolute atomic E-state index is 0.0102. The molecule has 21 heavy (non-hydrogen) atoms. The first kappa shape index (κ1) is 14.4. The van der Waals surface area contributed by atoms with Gasteiger partial charge in [-0.15, -0.1) is 0 Å². The zero-order chi connectivity index (χ0) is 14.7. The predicted octanol–water partition coefficient (Wildman–Crippen LogP) is 1.46. The van der Waals surface area contributed by atoms with Crippen LogP contribution >= 0.6 is 0 Å². The number of rotatable bonds is 4. The lowest BCUT2D eigenvalue weighted by molar-refractivity contribution is -0.0456. The molecule has 0 spiro atoms. The predicted molar refractivity (Wildman–Crippen MR) is 83.7 cm³/mol. The summed E-state index contributed by atoms with van der Waals surface area (Å²) in [4.78, 5) is 6.74. The maximum Gasteiger partial charge on any atom is 0.0909 e. The van der Waals surface area contributed by atoms with E-state index < -0.39 is 0 Å². The summed E-state index contributed by atoms with van der Waals surface area (Å²) in [6.07, 6.45) is 1.88. The van der Waals surface area contributed by atoms with E-state index in [-0.39, 0.29) is 12.1 Å². The van der Waals surface area contributed by atoms with E-state index >= 15 is 0 Å². The molecule has 0 radical (unpaired) electrons. The van der Waals surface area contributed by atoms with Gasteiger partial charge in [-0.1, -0.05) is 19.1 Å². The zero-order valence-electron chi connectivity index (χ0n) is 12.3. The minimum atomic E-state index is -0.0102. The summed E-state index contributed by atoms with van der Waals surface area (Å²) < 4.78 is 5.93. The van der Waals surface area contributed by atoms with Crippen molar-refractivity contribution < 1.29 is 4.74 Å². The summed E-state index contributed by atoms with van der Waals surface area (Å²) in [5, 5.41) is 1.12. The van der Waals surface area contributed by atoms with Crippen LogP contribution in [0.5, 0.6) is 0 Å². The Morgan fingerprint density at radius 2 is 2.38 bits per heavy atom. The third-order valence-electron chi connectivity index (χ3n) is 4.16. The third-order valence-corrected chi connectivity index (χ3v) is 4.16. The van der Waals surface area contributed by atoms with Gasteiger partial charge in [0.1, 0.15) is 0 Å². The van der Waals surface area contributed by atoms with Gasteiger partial charge in [-0.2, -0.15) is 0 Å². The zero-order valence-corrected chi connectivity index (χ0v) is 12.3. The standard InChI is InChI=1S/C16H22N4O/c1-2-20-8-9-21-15(11-20)16(19-17)13-5-6-14-12(10-13)4-3-7-18-14/h3-7,10,15-16,19H,2,8-9,11,17H2,1H3. The monoisotopic (exact) mass is 286 g/mol. The lowest BCUT2D eigenvalue weighted by Gasteiger charge is -2.36. The largest absolute Gasteiger partial charge is 0.374 e. The average molecular weight is 286 g/mol. The average Bonchev–Trinajstić information content (AvgIpc) is 2.56. The van der Waals surface area contributed by atoms with E-state index in [4.69, 9.17) is 10.6 Å². The van der Waals surface area contributed by atoms with Crippen LogP contribution in [-0.2, 0) is 4.74 Å². The number of benzene rings is 1. The molecule has 2 aromatic rings. The van der Waals surface area contributed by atoms with Gasteiger partial charge in [0.15, 0.2) is 0 Å². The summed E-state index contributed by atoms with van der Waals surface area (Å²) in [6.45, 7) is 5.86. The number of likely N-dealkylation sites (N-methyl/N-ethyl adjacent to an activating group) is 1. The van der Waals surface area contributed by atoms with Crippen LogP contribution < -0.4 is 11.3 Å². The Hall–Kier alpha value is -1.53. The molecule has 0 aliphatic carbocycles. The van der Waals surface area contributed by atoms with E-state index in [1.54, 1.807) is 0 Å². The van der Waals surface area contributed by atoms with Crippen molar-refractivity contribution in [1.29, 1.82) is 0 Å². The van der Waals surface area contributed by atoms with Crippen molar-refractivity contribution in [2.75, 3.05) is 26.2 Å². The molecule has 2 atom stereocenters. The van der Waals surface area contributed by atoms with Crippen LogP contribution in [0.1, 0.15) is 18.5 Å². The fourth-order valence-corrected chi connectivity index (χ4v) is 2.93. The number of hydrogen-bond acceptors (Lipinski definition) is 5. The molecular weight excluding hydrogens is 264 g/mol. The lowest BCUT2D eigenvalue weighted by Crippen LogP contribution is -2.49. The van der Waals surface area contributed by atoms with E-state index in [9.17, 15) is 0 Å². The molecule has 1 aromatic carbocycles. The molecule has 1 aromatic heterocycles. The van der Waals surface area contributed by atoms with Crippen LogP contribution in [-0.4, -0.2) is 42.2 Å². The number of ether oxygens (including phenoxy) is 1. The fraction of sp³-hybridized carbons (Fsp3) is 0.438. The molecule has 5 nitrogen and oxygen atoms in total. The molecule has 0 bridgehead atoms. The molecule has 5 heteroatoms. The van der Waals surface area contributed by atoms with Crippen LogP contribution in [0.25, 0.3) is 10.9 Å². The highest BCUT2D eigenvalue weighted by Crippen LogP contribution is 2.24. The molecule has 1 aliphatic heterocycles. The summed E-state index contributed by atoms with van der Waals surface area (Å²) in [7, 11) is 0. The molecule has 1 aliphatic rings. The SMILES string of the molecule is CCN1CCOC(C(NN)c2ccc3ncccc3c2)C1. The van der Waals surface area contributed by atoms with E-state index in [1.165, 1.54) is 0 Å². The Bertz CT molecular complexity index is 604. The minimum Gasteiger partial charge on any atom is -0.374 e. The highest BCUT2D eigenvalue weighted by Gasteiger charge is 2.28. The van der Waals surface area contributed by atoms with Gasteiger partial charge in [0.2, 0.25) is 0 Å². The summed E-state index contributed by atoms with van der Waals surface area (Å²) in [5.74, 6) is 5.80. The fourth-order valence-electron chi connectivity index (χ4n) is 2.93. The molecule has 3 N–H and O–H groups in total. The van der Waals surface area contributed by atoms with Crippen LogP contribution in [0.4, 0.5) is 0 Å². The number of aromatic nitrogens is 1. The van der Waals surface area contributed by atoms with Crippen LogP contribution in [0, 0.1) is 0 Å². The number of fused-ring (bicyclic) bond motifs is 1. The summed E-state index contributed by atoms with van der Waals surface area (Å²) in [6, 6.07) is 10.3. The van der Waals surface area contributed by atoms with E-state index in [2.05, 4.69) is 40.4 Å². The van der Waals surface area contributed by atoms with Crippen molar-refractivity contribution in [2.45, 2.75) is 19.1 Å². The Labute approximate surface area is 125 Å². The molecule has 112 valence electrons. The van der Waals surface area contributed by atoms with Gasteiger partial charge in [-0.3, -0.25) is 21.2 Å². The maximum atomic E-state index is 5.93. The number of nitrogens with one attached hydrogen (secondary N) is 1. The highest BCUT2D eigenvalue weighted by molar-refractivity contribution is 5.79. The van der Waals surface area contributed by atoms with Crippen molar-refractivity contribution in [2.24, 2.45) is 5.84 Å². The molecule has 3 rings (SSSR count). The molecular formula is C16H22N4O. The molecule has 0 saturated carbocycles. The number of hydrazine groups is 1. The summed E-state index contributed by atoms with van der Waals surface area (Å²) in [5.41, 5.74) is 5.06. The van der Waals surface area contributed by atoms with E-state index in [1.807, 2.05) is 18.3 Å². The van der Waals surface area contributed by atoms with Gasteiger partial charge in [0.25, 0.3) is 0 Å². The van der Waals surface area contributed by atoms with Crippen molar-refractivity contribution in [3.8, 4) is 0 Å². The normalized spacial score (nSPS) is 21.5.